The van der Waals surface area contributed by atoms with Gasteiger partial charge in [0.25, 0.3) is 5.91 Å². The Hall–Kier alpha value is -2.70. The fourth-order valence-electron chi connectivity index (χ4n) is 4.06. The molecule has 0 atom stereocenters. The van der Waals surface area contributed by atoms with Crippen molar-refractivity contribution in [1.29, 1.82) is 0 Å². The molecule has 1 saturated carbocycles. The fourth-order valence-corrected chi connectivity index (χ4v) is 4.06. The minimum atomic E-state index is -0.480. The van der Waals surface area contributed by atoms with Crippen LogP contribution in [0.5, 0.6) is 0 Å². The van der Waals surface area contributed by atoms with E-state index in [0.717, 1.165) is 0 Å². The number of Topliss-reactive ketones (excluding diaryl/α,β-unsaturated/α-hetero) is 1. The van der Waals surface area contributed by atoms with Crippen molar-refractivity contribution in [2.24, 2.45) is 26.6 Å². The third-order valence-corrected chi connectivity index (χ3v) is 7.10. The van der Waals surface area contributed by atoms with E-state index >= 15 is 0 Å². The monoisotopic (exact) mass is 401 g/mol. The van der Waals surface area contributed by atoms with Crippen molar-refractivity contribution in [2.75, 3.05) is 14.2 Å². The summed E-state index contributed by atoms with van der Waals surface area (Å²) >= 11 is 0. The number of carbonyl (C=O) groups is 2. The van der Waals surface area contributed by atoms with E-state index in [-0.39, 0.29) is 34.8 Å². The van der Waals surface area contributed by atoms with E-state index in [2.05, 4.69) is 43.3 Å². The number of likely N-dealkylation sites (N-methyl/N-ethyl adjacent to an activating group) is 1. The molecular weight excluding hydrogens is 370 g/mol. The minimum Gasteiger partial charge on any atom is -0.398 e. The summed E-state index contributed by atoms with van der Waals surface area (Å²) < 4.78 is 0. The van der Waals surface area contributed by atoms with Gasteiger partial charge in [0.05, 0.1) is 0 Å². The molecule has 0 saturated heterocycles. The molecule has 29 heavy (non-hydrogen) atoms. The van der Waals surface area contributed by atoms with Gasteiger partial charge < -0.3 is 15.0 Å². The quantitative estimate of drug-likeness (QED) is 0.534. The van der Waals surface area contributed by atoms with E-state index in [4.69, 9.17) is 9.68 Å². The zero-order chi connectivity index (χ0) is 22.0. The predicted molar refractivity (Wildman–Crippen MR) is 113 cm³/mol. The highest BCUT2D eigenvalue weighted by Crippen LogP contribution is 2.77. The molecule has 2 rings (SSSR count). The number of nitrogens with zero attached hydrogens (tertiary/aromatic N) is 2. The number of nitrogens with one attached hydrogen (secondary N) is 1. The molecule has 0 aliphatic heterocycles. The van der Waals surface area contributed by atoms with Crippen LogP contribution >= 0.6 is 0 Å². The first-order valence-electron chi connectivity index (χ1n) is 9.60. The zero-order valence-electron chi connectivity index (χ0n) is 18.5. The molecule has 0 unspecified atom stereocenters. The number of ketones is 1. The normalized spacial score (nSPS) is 19.3. The van der Waals surface area contributed by atoms with E-state index in [1.807, 2.05) is 19.1 Å². The van der Waals surface area contributed by atoms with Crippen LogP contribution < -0.4 is 5.32 Å². The van der Waals surface area contributed by atoms with Crippen molar-refractivity contribution in [3.63, 3.8) is 0 Å². The zero-order valence-corrected chi connectivity index (χ0v) is 18.5. The molecule has 0 spiro atoms. The summed E-state index contributed by atoms with van der Waals surface area (Å²) in [6.45, 7) is 12.2. The van der Waals surface area contributed by atoms with Crippen molar-refractivity contribution >= 4 is 23.1 Å². The van der Waals surface area contributed by atoms with Crippen molar-refractivity contribution in [2.45, 2.75) is 48.1 Å². The highest BCUT2D eigenvalue weighted by molar-refractivity contribution is 6.45. The lowest BCUT2D eigenvalue weighted by molar-refractivity contribution is -0.119. The molecule has 7 heteroatoms. The summed E-state index contributed by atoms with van der Waals surface area (Å²) in [6, 6.07) is 7.19. The number of rotatable bonds is 8. The van der Waals surface area contributed by atoms with E-state index in [9.17, 15) is 9.59 Å². The van der Waals surface area contributed by atoms with Gasteiger partial charge in [0.15, 0.2) is 11.5 Å². The third-order valence-electron chi connectivity index (χ3n) is 7.10. The number of benzene rings is 1. The number of hydrogen-bond donors (Lipinski definition) is 1. The van der Waals surface area contributed by atoms with E-state index < -0.39 is 5.41 Å². The van der Waals surface area contributed by atoms with Crippen molar-refractivity contribution < 1.29 is 19.3 Å². The van der Waals surface area contributed by atoms with E-state index in [0.29, 0.717) is 16.8 Å². The molecule has 1 N–H and O–H groups in total. The van der Waals surface area contributed by atoms with E-state index in [1.54, 1.807) is 19.1 Å². The molecule has 1 aliphatic rings. The second-order valence-electron chi connectivity index (χ2n) is 8.51. The number of oxime groups is 2. The Morgan fingerprint density at radius 1 is 1.03 bits per heavy atom. The van der Waals surface area contributed by atoms with Crippen LogP contribution in [-0.2, 0) is 25.9 Å². The Labute approximate surface area is 172 Å². The Balaban J connectivity index is 2.18. The van der Waals surface area contributed by atoms with Gasteiger partial charge in [-0.05, 0) is 17.8 Å². The van der Waals surface area contributed by atoms with Gasteiger partial charge in [-0.3, -0.25) is 9.59 Å². The van der Waals surface area contributed by atoms with Gasteiger partial charge in [0.2, 0.25) is 0 Å². The van der Waals surface area contributed by atoms with Crippen LogP contribution in [0, 0.1) is 16.2 Å². The molecule has 7 nitrogen and oxygen atoms in total. The standard InChI is InChI=1S/C22H31N3O4/c1-14(18(26)22(6)20(2,3)21(22,4)5)24-29-13-15-11-9-10-12-16(15)17(25-28-8)19(27)23-7/h9-12H,13H2,1-8H3,(H,23,27)/b24-14+,25-17+. The highest BCUT2D eigenvalue weighted by atomic mass is 16.6. The van der Waals surface area contributed by atoms with Crippen LogP contribution in [0.2, 0.25) is 0 Å². The summed E-state index contributed by atoms with van der Waals surface area (Å²) in [5.41, 5.74) is 1.05. The molecule has 0 aromatic heterocycles. The van der Waals surface area contributed by atoms with Gasteiger partial charge in [0.1, 0.15) is 19.4 Å². The summed E-state index contributed by atoms with van der Waals surface area (Å²) in [6.07, 6.45) is 0. The maximum Gasteiger partial charge on any atom is 0.273 e. The Morgan fingerprint density at radius 3 is 2.14 bits per heavy atom. The first-order chi connectivity index (χ1) is 13.5. The van der Waals surface area contributed by atoms with Gasteiger partial charge in [-0.1, -0.05) is 69.2 Å². The first kappa shape index (κ1) is 22.6. The van der Waals surface area contributed by atoms with Crippen LogP contribution in [0.1, 0.15) is 52.7 Å². The largest absolute Gasteiger partial charge is 0.398 e. The molecule has 1 fully saturated rings. The van der Waals surface area contributed by atoms with Gasteiger partial charge in [-0.2, -0.15) is 0 Å². The Morgan fingerprint density at radius 2 is 1.62 bits per heavy atom. The Kier molecular flexibility index (Phi) is 6.21. The van der Waals surface area contributed by atoms with Gasteiger partial charge in [0, 0.05) is 23.6 Å². The maximum absolute atomic E-state index is 13.0. The van der Waals surface area contributed by atoms with Gasteiger partial charge in [-0.25, -0.2) is 0 Å². The minimum absolute atomic E-state index is 0.00668. The second kappa shape index (κ2) is 7.97. The number of carbonyl (C=O) groups excluding carboxylic acids is 2. The molecule has 0 radical (unpaired) electrons. The van der Waals surface area contributed by atoms with Gasteiger partial charge in [-0.15, -0.1) is 0 Å². The summed E-state index contributed by atoms with van der Waals surface area (Å²) in [5, 5.41) is 10.4. The van der Waals surface area contributed by atoms with Crippen molar-refractivity contribution in [3.8, 4) is 0 Å². The average Bonchev–Trinajstić information content (AvgIpc) is 3.02. The van der Waals surface area contributed by atoms with Crippen LogP contribution in [0.4, 0.5) is 0 Å². The molecule has 1 aromatic carbocycles. The number of hydrogen-bond acceptors (Lipinski definition) is 6. The lowest BCUT2D eigenvalue weighted by Crippen LogP contribution is -2.29. The van der Waals surface area contributed by atoms with Crippen LogP contribution in [0.25, 0.3) is 0 Å². The van der Waals surface area contributed by atoms with Crippen molar-refractivity contribution in [3.05, 3.63) is 35.4 Å². The topological polar surface area (TPSA) is 89.3 Å². The van der Waals surface area contributed by atoms with Crippen molar-refractivity contribution in [1.82, 2.24) is 5.32 Å². The average molecular weight is 402 g/mol. The first-order valence-corrected chi connectivity index (χ1v) is 9.60. The molecule has 0 heterocycles. The molecule has 1 aliphatic carbocycles. The lowest BCUT2D eigenvalue weighted by Gasteiger charge is -2.14. The number of amides is 1. The van der Waals surface area contributed by atoms with Crippen LogP contribution in [0.15, 0.2) is 34.6 Å². The second-order valence-corrected chi connectivity index (χ2v) is 8.51. The highest BCUT2D eigenvalue weighted by Gasteiger charge is 2.77. The van der Waals surface area contributed by atoms with Crippen LogP contribution in [-0.4, -0.2) is 37.3 Å². The third kappa shape index (κ3) is 3.54. The van der Waals surface area contributed by atoms with E-state index in [1.165, 1.54) is 14.2 Å². The fraction of sp³-hybridized carbons (Fsp3) is 0.545. The molecule has 0 bridgehead atoms. The lowest BCUT2D eigenvalue weighted by atomic mass is 9.89. The molecule has 158 valence electrons. The van der Waals surface area contributed by atoms with Gasteiger partial charge >= 0.3 is 0 Å². The summed E-state index contributed by atoms with van der Waals surface area (Å²) in [7, 11) is 2.90. The predicted octanol–water partition coefficient (Wildman–Crippen LogP) is 3.32. The molecular formula is C22H31N3O4. The summed E-state index contributed by atoms with van der Waals surface area (Å²) in [5.74, 6) is -0.381. The molecule has 1 aromatic rings. The Bertz CT molecular complexity index is 855. The SMILES string of the molecule is CNC(=O)/C(=N/OC)c1ccccc1CO/N=C(\C)C(=O)C1(C)C(C)(C)C1(C)C. The maximum atomic E-state index is 13.0. The van der Waals surface area contributed by atoms with Crippen LogP contribution in [0.3, 0.4) is 0 Å². The molecule has 1 amide bonds. The summed E-state index contributed by atoms with van der Waals surface area (Å²) in [4.78, 5) is 35.4. The smallest absolute Gasteiger partial charge is 0.273 e.